The third-order valence-corrected chi connectivity index (χ3v) is 6.88. The van der Waals surface area contributed by atoms with Crippen molar-refractivity contribution < 1.29 is 22.1 Å². The van der Waals surface area contributed by atoms with E-state index in [1.807, 2.05) is 6.92 Å². The number of alkyl halides is 1. The zero-order valence-electron chi connectivity index (χ0n) is 15.4. The summed E-state index contributed by atoms with van der Waals surface area (Å²) in [4.78, 5) is 8.07. The Labute approximate surface area is 172 Å². The van der Waals surface area contributed by atoms with E-state index >= 15 is 0 Å². The van der Waals surface area contributed by atoms with Gasteiger partial charge in [-0.15, -0.1) is 0 Å². The Morgan fingerprint density at radius 1 is 1.28 bits per heavy atom. The van der Waals surface area contributed by atoms with E-state index in [1.165, 1.54) is 18.5 Å². The minimum Gasteiger partial charge on any atom is -0.390 e. The minimum absolute atomic E-state index is 0.0201. The van der Waals surface area contributed by atoms with Crippen molar-refractivity contribution in [2.45, 2.75) is 36.6 Å². The zero-order chi connectivity index (χ0) is 20.8. The van der Waals surface area contributed by atoms with Crippen molar-refractivity contribution in [2.75, 3.05) is 6.61 Å². The first-order valence-electron chi connectivity index (χ1n) is 9.03. The first-order valence-corrected chi connectivity index (χ1v) is 10.8. The van der Waals surface area contributed by atoms with Gasteiger partial charge in [0, 0.05) is 12.1 Å². The summed E-state index contributed by atoms with van der Waals surface area (Å²) in [6, 6.07) is 7.20. The van der Waals surface area contributed by atoms with Crippen molar-refractivity contribution in [1.82, 2.24) is 14.5 Å². The van der Waals surface area contributed by atoms with Crippen molar-refractivity contribution in [3.05, 3.63) is 53.6 Å². The summed E-state index contributed by atoms with van der Waals surface area (Å²) in [6.07, 6.45) is 0.158. The fourth-order valence-corrected chi connectivity index (χ4v) is 4.81. The van der Waals surface area contributed by atoms with Crippen LogP contribution in [-0.2, 0) is 14.3 Å². The number of aliphatic hydroxyl groups excluding tert-OH is 1. The highest BCUT2D eigenvalue weighted by atomic mass is 35.5. The lowest BCUT2D eigenvalue weighted by Crippen LogP contribution is -2.28. The topological polar surface area (TPSA) is 94.3 Å². The molecule has 2 aromatic heterocycles. The van der Waals surface area contributed by atoms with Crippen LogP contribution in [0.25, 0.3) is 11.0 Å². The summed E-state index contributed by atoms with van der Waals surface area (Å²) >= 11 is 6.04. The quantitative estimate of drug-likeness (QED) is 0.485. The van der Waals surface area contributed by atoms with E-state index in [0.29, 0.717) is 11.0 Å². The molecule has 0 aliphatic heterocycles. The SMILES string of the molecule is Cc1ccc(S(=O)(=O)OC[C@H]2C[C@@H](n3ccc4c(Cl)ncnc43)[C@H](F)[C@@H]2O)cc1. The number of hydrogen-bond donors (Lipinski definition) is 1. The van der Waals surface area contributed by atoms with Crippen LogP contribution in [-0.4, -0.2) is 46.9 Å². The predicted octanol–water partition coefficient (Wildman–Crippen LogP) is 3.06. The molecule has 0 amide bonds. The molecule has 10 heteroatoms. The minimum atomic E-state index is -4.00. The lowest BCUT2D eigenvalue weighted by atomic mass is 10.1. The Balaban J connectivity index is 1.51. The molecular weight excluding hydrogens is 421 g/mol. The van der Waals surface area contributed by atoms with Gasteiger partial charge in [0.1, 0.15) is 23.3 Å². The van der Waals surface area contributed by atoms with Gasteiger partial charge >= 0.3 is 0 Å². The van der Waals surface area contributed by atoms with Crippen molar-refractivity contribution in [1.29, 1.82) is 0 Å². The Hall–Kier alpha value is -2.07. The molecule has 1 aliphatic carbocycles. The Morgan fingerprint density at radius 3 is 2.72 bits per heavy atom. The maximum Gasteiger partial charge on any atom is 0.296 e. The van der Waals surface area contributed by atoms with Crippen LogP contribution in [0.2, 0.25) is 5.15 Å². The molecule has 3 aromatic rings. The molecule has 1 N–H and O–H groups in total. The summed E-state index contributed by atoms with van der Waals surface area (Å²) in [5.41, 5.74) is 1.37. The molecule has 1 aromatic carbocycles. The smallest absolute Gasteiger partial charge is 0.296 e. The Bertz CT molecular complexity index is 1140. The van der Waals surface area contributed by atoms with Gasteiger partial charge in [-0.05, 0) is 31.5 Å². The van der Waals surface area contributed by atoms with Crippen LogP contribution in [0.1, 0.15) is 18.0 Å². The van der Waals surface area contributed by atoms with Gasteiger partial charge < -0.3 is 9.67 Å². The average molecular weight is 440 g/mol. The van der Waals surface area contributed by atoms with Crippen LogP contribution in [0.3, 0.4) is 0 Å². The first kappa shape index (κ1) is 20.2. The number of benzene rings is 1. The number of aryl methyl sites for hydroxylation is 1. The number of hydrogen-bond acceptors (Lipinski definition) is 6. The van der Waals surface area contributed by atoms with Gasteiger partial charge in [0.15, 0.2) is 0 Å². The molecule has 0 spiro atoms. The first-order chi connectivity index (χ1) is 13.8. The van der Waals surface area contributed by atoms with Gasteiger partial charge in [-0.25, -0.2) is 14.4 Å². The third kappa shape index (κ3) is 3.75. The number of halogens is 2. The van der Waals surface area contributed by atoms with E-state index in [9.17, 15) is 17.9 Å². The molecule has 0 unspecified atom stereocenters. The standard InChI is InChI=1S/C19H19ClFN3O4S/c1-11-2-4-13(5-3-11)29(26,27)28-9-12-8-15(16(21)17(12)25)24-7-6-14-18(20)22-10-23-19(14)24/h2-7,10,12,15-17,25H,8-9H2,1H3/t12-,15-,16+,17-/m1/s1. The number of aliphatic hydroxyl groups is 1. The normalized spacial score (nSPS) is 25.0. The van der Waals surface area contributed by atoms with Crippen LogP contribution in [0, 0.1) is 12.8 Å². The Kier molecular flexibility index (Phi) is 5.32. The second-order valence-electron chi connectivity index (χ2n) is 7.17. The van der Waals surface area contributed by atoms with Gasteiger partial charge in [-0.3, -0.25) is 4.18 Å². The molecule has 0 saturated heterocycles. The molecule has 29 heavy (non-hydrogen) atoms. The highest BCUT2D eigenvalue weighted by Gasteiger charge is 2.45. The van der Waals surface area contributed by atoms with E-state index in [0.717, 1.165) is 5.56 Å². The number of aromatic nitrogens is 3. The van der Waals surface area contributed by atoms with Gasteiger partial charge in [0.2, 0.25) is 0 Å². The van der Waals surface area contributed by atoms with Crippen LogP contribution in [0.5, 0.6) is 0 Å². The monoisotopic (exact) mass is 439 g/mol. The van der Waals surface area contributed by atoms with E-state index < -0.39 is 34.4 Å². The van der Waals surface area contributed by atoms with Crippen molar-refractivity contribution >= 4 is 32.8 Å². The van der Waals surface area contributed by atoms with E-state index in [-0.39, 0.29) is 23.1 Å². The van der Waals surface area contributed by atoms with Crippen molar-refractivity contribution in [2.24, 2.45) is 5.92 Å². The summed E-state index contributed by atoms with van der Waals surface area (Å²) in [7, 11) is -4.00. The van der Waals surface area contributed by atoms with E-state index in [1.54, 1.807) is 29.0 Å². The second kappa shape index (κ2) is 7.64. The lowest BCUT2D eigenvalue weighted by molar-refractivity contribution is 0.0451. The maximum absolute atomic E-state index is 14.9. The molecule has 4 atom stereocenters. The fraction of sp³-hybridized carbons (Fsp3) is 0.368. The molecule has 7 nitrogen and oxygen atoms in total. The lowest BCUT2D eigenvalue weighted by Gasteiger charge is -2.16. The van der Waals surface area contributed by atoms with Crippen LogP contribution < -0.4 is 0 Å². The van der Waals surface area contributed by atoms with Gasteiger partial charge in [0.05, 0.1) is 29.0 Å². The molecule has 1 saturated carbocycles. The zero-order valence-corrected chi connectivity index (χ0v) is 17.0. The molecule has 1 fully saturated rings. The number of rotatable bonds is 5. The van der Waals surface area contributed by atoms with Gasteiger partial charge in [-0.2, -0.15) is 8.42 Å². The highest BCUT2D eigenvalue weighted by molar-refractivity contribution is 7.86. The van der Waals surface area contributed by atoms with Crippen LogP contribution in [0.4, 0.5) is 4.39 Å². The third-order valence-electron chi connectivity index (χ3n) is 5.29. The molecule has 154 valence electrons. The average Bonchev–Trinajstić information content (AvgIpc) is 3.24. The van der Waals surface area contributed by atoms with Gasteiger partial charge in [0.25, 0.3) is 10.1 Å². The number of fused-ring (bicyclic) bond motifs is 1. The summed E-state index contributed by atoms with van der Waals surface area (Å²) < 4.78 is 46.3. The maximum atomic E-state index is 14.9. The second-order valence-corrected chi connectivity index (χ2v) is 9.15. The molecule has 0 bridgehead atoms. The molecule has 2 heterocycles. The molecular formula is C19H19ClFN3O4S. The molecule has 1 aliphatic rings. The number of nitrogens with zero attached hydrogens (tertiary/aromatic N) is 3. The van der Waals surface area contributed by atoms with Crippen molar-refractivity contribution in [3.8, 4) is 0 Å². The van der Waals surface area contributed by atoms with Gasteiger partial charge in [-0.1, -0.05) is 29.3 Å². The summed E-state index contributed by atoms with van der Waals surface area (Å²) in [5.74, 6) is -0.690. The van der Waals surface area contributed by atoms with Crippen LogP contribution >= 0.6 is 11.6 Å². The Morgan fingerprint density at radius 2 is 2.00 bits per heavy atom. The highest BCUT2D eigenvalue weighted by Crippen LogP contribution is 2.40. The summed E-state index contributed by atoms with van der Waals surface area (Å²) in [5, 5.41) is 11.2. The molecule has 0 radical (unpaired) electrons. The predicted molar refractivity (Wildman–Crippen MR) is 105 cm³/mol. The fourth-order valence-electron chi connectivity index (χ4n) is 3.66. The summed E-state index contributed by atoms with van der Waals surface area (Å²) in [6.45, 7) is 1.53. The van der Waals surface area contributed by atoms with E-state index in [4.69, 9.17) is 15.8 Å². The van der Waals surface area contributed by atoms with Crippen molar-refractivity contribution in [3.63, 3.8) is 0 Å². The van der Waals surface area contributed by atoms with E-state index in [2.05, 4.69) is 9.97 Å². The largest absolute Gasteiger partial charge is 0.390 e. The van der Waals surface area contributed by atoms with Crippen LogP contribution in [0.15, 0.2) is 47.8 Å². The molecule has 4 rings (SSSR count).